The van der Waals surface area contributed by atoms with Crippen LogP contribution in [0.4, 0.5) is 30.2 Å². The van der Waals surface area contributed by atoms with Crippen LogP contribution in [0.1, 0.15) is 26.3 Å². The maximum atomic E-state index is 13.5. The SMILES string of the molecule is CCN(CC)c1cc(Br)c(N)c(NC(C)=O)c1C(F)(F)F. The highest BCUT2D eigenvalue weighted by atomic mass is 79.9. The zero-order chi connectivity index (χ0) is 16.4. The molecule has 0 saturated carbocycles. The Balaban J connectivity index is 3.71. The van der Waals surface area contributed by atoms with E-state index in [0.29, 0.717) is 17.6 Å². The van der Waals surface area contributed by atoms with Crippen LogP contribution in [-0.2, 0) is 11.0 Å². The molecule has 0 radical (unpaired) electrons. The van der Waals surface area contributed by atoms with E-state index < -0.39 is 23.3 Å². The summed E-state index contributed by atoms with van der Waals surface area (Å²) >= 11 is 3.14. The number of nitrogens with two attached hydrogens (primary N) is 1. The summed E-state index contributed by atoms with van der Waals surface area (Å²) in [4.78, 5) is 12.8. The molecule has 0 unspecified atom stereocenters. The minimum atomic E-state index is -4.63. The predicted molar refractivity (Wildman–Crippen MR) is 81.4 cm³/mol. The third-order valence-electron chi connectivity index (χ3n) is 2.98. The summed E-state index contributed by atoms with van der Waals surface area (Å²) in [7, 11) is 0. The molecule has 0 aliphatic carbocycles. The zero-order valence-electron chi connectivity index (χ0n) is 11.9. The highest BCUT2D eigenvalue weighted by Crippen LogP contribution is 2.47. The number of hydrogen-bond donors (Lipinski definition) is 2. The number of nitrogen functional groups attached to an aromatic ring is 1. The molecule has 0 fully saturated rings. The van der Waals surface area contributed by atoms with Gasteiger partial charge in [0, 0.05) is 24.5 Å². The predicted octanol–water partition coefficient (Wildman–Crippen LogP) is 3.85. The van der Waals surface area contributed by atoms with Crippen LogP contribution in [0, 0.1) is 0 Å². The van der Waals surface area contributed by atoms with E-state index in [9.17, 15) is 18.0 Å². The maximum Gasteiger partial charge on any atom is 0.420 e. The summed E-state index contributed by atoms with van der Waals surface area (Å²) in [5, 5.41) is 2.19. The summed E-state index contributed by atoms with van der Waals surface area (Å²) in [6, 6.07) is 1.33. The van der Waals surface area contributed by atoms with E-state index in [2.05, 4.69) is 21.2 Å². The number of rotatable bonds is 4. The molecule has 0 aliphatic rings. The van der Waals surface area contributed by atoms with Crippen molar-refractivity contribution in [2.45, 2.75) is 26.9 Å². The molecular formula is C13H17BrF3N3O. The fourth-order valence-corrected chi connectivity index (χ4v) is 2.47. The van der Waals surface area contributed by atoms with Gasteiger partial charge in [0.2, 0.25) is 5.91 Å². The lowest BCUT2D eigenvalue weighted by Gasteiger charge is -2.28. The molecule has 0 bridgehead atoms. The Bertz CT molecular complexity index is 542. The van der Waals surface area contributed by atoms with Gasteiger partial charge >= 0.3 is 6.18 Å². The highest BCUT2D eigenvalue weighted by molar-refractivity contribution is 9.10. The van der Waals surface area contributed by atoms with Crippen molar-refractivity contribution >= 4 is 38.9 Å². The summed E-state index contributed by atoms with van der Waals surface area (Å²) in [6.45, 7) is 5.44. The van der Waals surface area contributed by atoms with Crippen molar-refractivity contribution in [1.29, 1.82) is 0 Å². The largest absolute Gasteiger partial charge is 0.420 e. The van der Waals surface area contributed by atoms with Crippen molar-refractivity contribution in [2.75, 3.05) is 29.0 Å². The Labute approximate surface area is 129 Å². The van der Waals surface area contributed by atoms with E-state index in [4.69, 9.17) is 5.73 Å². The average Bonchev–Trinajstić information content (AvgIpc) is 2.34. The van der Waals surface area contributed by atoms with E-state index in [1.807, 2.05) is 0 Å². The Hall–Kier alpha value is -1.44. The van der Waals surface area contributed by atoms with Crippen LogP contribution >= 0.6 is 15.9 Å². The molecule has 1 amide bonds. The molecule has 0 atom stereocenters. The summed E-state index contributed by atoms with van der Waals surface area (Å²) < 4.78 is 40.7. The number of carbonyl (C=O) groups is 1. The van der Waals surface area contributed by atoms with Crippen molar-refractivity contribution in [3.8, 4) is 0 Å². The molecule has 8 heteroatoms. The number of alkyl halides is 3. The standard InChI is InChI=1S/C13H17BrF3N3O/c1-4-20(5-2)9-6-8(14)11(18)12(19-7(3)21)10(9)13(15,16)17/h6H,4-5,18H2,1-3H3,(H,19,21). The van der Waals surface area contributed by atoms with Gasteiger partial charge in [0.15, 0.2) is 0 Å². The molecule has 0 heterocycles. The highest BCUT2D eigenvalue weighted by Gasteiger charge is 2.39. The molecule has 0 saturated heterocycles. The van der Waals surface area contributed by atoms with Gasteiger partial charge in [-0.1, -0.05) is 0 Å². The number of benzene rings is 1. The normalized spacial score (nSPS) is 11.4. The van der Waals surface area contributed by atoms with Crippen LogP contribution in [0.15, 0.2) is 10.5 Å². The first-order valence-electron chi connectivity index (χ1n) is 6.35. The van der Waals surface area contributed by atoms with Crippen molar-refractivity contribution in [3.05, 3.63) is 16.1 Å². The molecule has 4 nitrogen and oxygen atoms in total. The van der Waals surface area contributed by atoms with Crippen LogP contribution < -0.4 is 16.0 Å². The average molecular weight is 368 g/mol. The number of carbonyl (C=O) groups excluding carboxylic acids is 1. The zero-order valence-corrected chi connectivity index (χ0v) is 13.5. The van der Waals surface area contributed by atoms with Crippen LogP contribution in [0.5, 0.6) is 0 Å². The van der Waals surface area contributed by atoms with Crippen LogP contribution in [-0.4, -0.2) is 19.0 Å². The number of nitrogens with one attached hydrogen (secondary N) is 1. The first-order chi connectivity index (χ1) is 9.63. The van der Waals surface area contributed by atoms with Crippen molar-refractivity contribution in [2.24, 2.45) is 0 Å². The van der Waals surface area contributed by atoms with E-state index in [-0.39, 0.29) is 11.4 Å². The second kappa shape index (κ2) is 6.55. The monoisotopic (exact) mass is 367 g/mol. The number of halogens is 4. The Morgan fingerprint density at radius 2 is 1.90 bits per heavy atom. The van der Waals surface area contributed by atoms with Gasteiger partial charge in [-0.3, -0.25) is 4.79 Å². The van der Waals surface area contributed by atoms with Crippen LogP contribution in [0.2, 0.25) is 0 Å². The third-order valence-corrected chi connectivity index (χ3v) is 3.64. The molecule has 1 aromatic carbocycles. The molecule has 21 heavy (non-hydrogen) atoms. The lowest BCUT2D eigenvalue weighted by molar-refractivity contribution is -0.136. The van der Waals surface area contributed by atoms with Crippen LogP contribution in [0.25, 0.3) is 0 Å². The minimum absolute atomic E-state index is 0.0164. The molecule has 118 valence electrons. The maximum absolute atomic E-state index is 13.5. The topological polar surface area (TPSA) is 58.4 Å². The van der Waals surface area contributed by atoms with Crippen molar-refractivity contribution in [1.82, 2.24) is 0 Å². The first-order valence-corrected chi connectivity index (χ1v) is 7.14. The lowest BCUT2D eigenvalue weighted by Crippen LogP contribution is -2.27. The van der Waals surface area contributed by atoms with Gasteiger partial charge < -0.3 is 16.0 Å². The Morgan fingerprint density at radius 1 is 1.38 bits per heavy atom. The van der Waals surface area contributed by atoms with Gasteiger partial charge in [-0.25, -0.2) is 0 Å². The minimum Gasteiger partial charge on any atom is -0.396 e. The molecule has 3 N–H and O–H groups in total. The van der Waals surface area contributed by atoms with E-state index in [0.717, 1.165) is 6.92 Å². The second-order valence-corrected chi connectivity index (χ2v) is 5.25. The first kappa shape index (κ1) is 17.6. The fourth-order valence-electron chi connectivity index (χ4n) is 2.06. The van der Waals surface area contributed by atoms with Gasteiger partial charge in [-0.2, -0.15) is 13.2 Å². The van der Waals surface area contributed by atoms with Crippen molar-refractivity contribution < 1.29 is 18.0 Å². The third kappa shape index (κ3) is 3.81. The van der Waals surface area contributed by atoms with Crippen molar-refractivity contribution in [3.63, 3.8) is 0 Å². The fraction of sp³-hybridized carbons (Fsp3) is 0.462. The molecule has 1 rings (SSSR count). The number of nitrogens with zero attached hydrogens (tertiary/aromatic N) is 1. The summed E-state index contributed by atoms with van der Waals surface area (Å²) in [6.07, 6.45) is -4.63. The second-order valence-electron chi connectivity index (χ2n) is 4.39. The molecule has 0 spiro atoms. The Kier molecular flexibility index (Phi) is 5.49. The molecule has 0 aliphatic heterocycles. The lowest BCUT2D eigenvalue weighted by atomic mass is 10.1. The summed E-state index contributed by atoms with van der Waals surface area (Å²) in [5.41, 5.74) is 4.20. The van der Waals surface area contributed by atoms with Gasteiger partial charge in [-0.15, -0.1) is 0 Å². The van der Waals surface area contributed by atoms with Crippen LogP contribution in [0.3, 0.4) is 0 Å². The number of anilines is 3. The van der Waals surface area contributed by atoms with Gasteiger partial charge in [0.25, 0.3) is 0 Å². The summed E-state index contributed by atoms with van der Waals surface area (Å²) in [5.74, 6) is -0.615. The Morgan fingerprint density at radius 3 is 2.29 bits per heavy atom. The van der Waals surface area contributed by atoms with E-state index in [1.54, 1.807) is 18.7 Å². The van der Waals surface area contributed by atoms with Gasteiger partial charge in [0.1, 0.15) is 5.56 Å². The van der Waals surface area contributed by atoms with Gasteiger partial charge in [-0.05, 0) is 35.8 Å². The molecular weight excluding hydrogens is 351 g/mol. The van der Waals surface area contributed by atoms with E-state index in [1.165, 1.54) is 6.07 Å². The molecule has 1 aromatic rings. The number of hydrogen-bond acceptors (Lipinski definition) is 3. The quantitative estimate of drug-likeness (QED) is 0.794. The molecule has 0 aromatic heterocycles. The number of amides is 1. The van der Waals surface area contributed by atoms with Gasteiger partial charge in [0.05, 0.1) is 17.1 Å². The smallest absolute Gasteiger partial charge is 0.396 e. The van der Waals surface area contributed by atoms with E-state index >= 15 is 0 Å².